The molecule has 4 N–H and O–H groups in total. The van der Waals surface area contributed by atoms with Gasteiger partial charge in [0, 0.05) is 28.6 Å². The maximum Gasteiger partial charge on any atom is 0.342 e. The second-order valence-electron chi connectivity index (χ2n) is 15.1. The predicted molar refractivity (Wildman–Crippen MR) is 203 cm³/mol. The zero-order valence-corrected chi connectivity index (χ0v) is 32.4. The number of anilines is 2. The van der Waals surface area contributed by atoms with Crippen molar-refractivity contribution in [2.24, 2.45) is 28.6 Å². The molecule has 2 aromatic heterocycles. The summed E-state index contributed by atoms with van der Waals surface area (Å²) in [6.45, 7) is 15.4. The lowest BCUT2D eigenvalue weighted by Gasteiger charge is -2.50. The summed E-state index contributed by atoms with van der Waals surface area (Å²) in [5, 5.41) is 0.524. The third kappa shape index (κ3) is 8.01. The smallest absolute Gasteiger partial charge is 0.342 e. The molecule has 13 heteroatoms. The van der Waals surface area contributed by atoms with Crippen molar-refractivity contribution in [1.29, 1.82) is 0 Å². The number of halogens is 2. The van der Waals surface area contributed by atoms with Crippen LogP contribution in [0, 0.1) is 32.3 Å². The molecule has 0 aliphatic heterocycles. The summed E-state index contributed by atoms with van der Waals surface area (Å²) < 4.78 is 38.7. The van der Waals surface area contributed by atoms with Gasteiger partial charge in [0.1, 0.15) is 17.5 Å². The lowest BCUT2D eigenvalue weighted by molar-refractivity contribution is -0.0922. The Morgan fingerprint density at radius 2 is 1.55 bits per heavy atom. The molecule has 5 rings (SSSR count). The van der Waals surface area contributed by atoms with Crippen LogP contribution in [0.3, 0.4) is 0 Å². The number of aromatic nitrogens is 2. The molecular formula is C36H43ClIN5O5S. The molecular weight excluding hydrogens is 777 g/mol. The van der Waals surface area contributed by atoms with Crippen molar-refractivity contribution < 1.29 is 22.7 Å². The molecule has 0 saturated heterocycles. The number of esters is 1. The van der Waals surface area contributed by atoms with Gasteiger partial charge in [0.15, 0.2) is 5.65 Å². The van der Waals surface area contributed by atoms with E-state index in [1.807, 2.05) is 4.72 Å². The number of nitrogens with one attached hydrogen (secondary N) is 2. The number of carbonyl (C=O) groups is 2. The molecule has 0 radical (unpaired) electrons. The number of hydrogen-bond acceptors (Lipinski definition) is 7. The number of amides is 1. The van der Waals surface area contributed by atoms with Gasteiger partial charge in [-0.3, -0.25) is 13.9 Å². The zero-order chi connectivity index (χ0) is 36.1. The van der Waals surface area contributed by atoms with Crippen LogP contribution in [0.15, 0.2) is 60.8 Å². The topological polar surface area (TPSA) is 145 Å². The Labute approximate surface area is 306 Å². The van der Waals surface area contributed by atoms with Crippen molar-refractivity contribution in [1.82, 2.24) is 14.1 Å². The maximum atomic E-state index is 14.6. The highest BCUT2D eigenvalue weighted by atomic mass is 127. The average molecular weight is 820 g/mol. The first kappa shape index (κ1) is 36.9. The van der Waals surface area contributed by atoms with E-state index in [0.717, 1.165) is 12.8 Å². The van der Waals surface area contributed by atoms with E-state index in [1.165, 1.54) is 6.20 Å². The van der Waals surface area contributed by atoms with Crippen LogP contribution >= 0.6 is 34.2 Å². The van der Waals surface area contributed by atoms with Crippen LogP contribution in [0.25, 0.3) is 16.8 Å². The highest BCUT2D eigenvalue weighted by Crippen LogP contribution is 2.50. The molecule has 1 amide bonds. The Balaban J connectivity index is 1.61. The molecule has 0 bridgehead atoms. The molecule has 1 saturated carbocycles. The van der Waals surface area contributed by atoms with Crippen molar-refractivity contribution in [2.75, 3.05) is 10.5 Å². The van der Waals surface area contributed by atoms with Crippen molar-refractivity contribution in [3.63, 3.8) is 0 Å². The molecule has 49 heavy (non-hydrogen) atoms. The Hall–Kier alpha value is -3.36. The SMILES string of the molecule is CC1CC(C(C)(C)C)C(OC(=O)c2c(-c3ccc(Cl)cc3)c(I)n3cc(C(=O)NS(=O)(=O)Nc4ccccc4)c(N)nc23)C(C(C)(C)C)C1. The van der Waals surface area contributed by atoms with Gasteiger partial charge in [-0.15, -0.1) is 0 Å². The molecule has 1 fully saturated rings. The van der Waals surface area contributed by atoms with E-state index in [0.29, 0.717) is 25.8 Å². The molecule has 2 aromatic carbocycles. The maximum absolute atomic E-state index is 14.6. The van der Waals surface area contributed by atoms with E-state index in [-0.39, 0.29) is 57.0 Å². The van der Waals surface area contributed by atoms with E-state index in [9.17, 15) is 18.0 Å². The van der Waals surface area contributed by atoms with Gasteiger partial charge < -0.3 is 10.5 Å². The van der Waals surface area contributed by atoms with Crippen LogP contribution in [-0.2, 0) is 14.9 Å². The fraction of sp³-hybridized carbons (Fsp3) is 0.417. The zero-order valence-electron chi connectivity index (χ0n) is 28.7. The molecule has 2 heterocycles. The lowest BCUT2D eigenvalue weighted by atomic mass is 9.59. The Kier molecular flexibility index (Phi) is 10.4. The third-order valence-corrected chi connectivity index (χ3v) is 11.6. The summed E-state index contributed by atoms with van der Waals surface area (Å²) in [5.41, 5.74) is 7.76. The summed E-state index contributed by atoms with van der Waals surface area (Å²) in [6, 6.07) is 15.2. The average Bonchev–Trinajstić information content (AvgIpc) is 3.27. The first-order valence-corrected chi connectivity index (χ1v) is 19.1. The number of carbonyl (C=O) groups excluding carboxylic acids is 2. The van der Waals surface area contributed by atoms with Gasteiger partial charge in [-0.1, -0.05) is 90.4 Å². The summed E-state index contributed by atoms with van der Waals surface area (Å²) in [6.07, 6.45) is 2.88. The highest BCUT2D eigenvalue weighted by molar-refractivity contribution is 14.1. The van der Waals surface area contributed by atoms with E-state index in [4.69, 9.17) is 22.1 Å². The normalized spacial score (nSPS) is 20.2. The van der Waals surface area contributed by atoms with Crippen molar-refractivity contribution in [2.45, 2.75) is 67.4 Å². The molecule has 2 unspecified atom stereocenters. The largest absolute Gasteiger partial charge is 0.458 e. The summed E-state index contributed by atoms with van der Waals surface area (Å²) in [4.78, 5) is 32.5. The van der Waals surface area contributed by atoms with Gasteiger partial charge in [-0.05, 0) is 82.0 Å². The number of rotatable bonds is 7. The van der Waals surface area contributed by atoms with E-state index >= 15 is 0 Å². The molecule has 4 aromatic rings. The molecule has 1 aliphatic rings. The summed E-state index contributed by atoms with van der Waals surface area (Å²) in [7, 11) is -4.31. The van der Waals surface area contributed by atoms with Crippen molar-refractivity contribution in [3.8, 4) is 11.1 Å². The monoisotopic (exact) mass is 819 g/mol. The second-order valence-corrected chi connectivity index (χ2v) is 17.9. The van der Waals surface area contributed by atoms with Crippen LogP contribution in [0.2, 0.25) is 5.02 Å². The van der Waals surface area contributed by atoms with Gasteiger partial charge in [-0.25, -0.2) is 14.5 Å². The first-order chi connectivity index (χ1) is 22.8. The number of nitrogens with two attached hydrogens (primary N) is 1. The predicted octanol–water partition coefficient (Wildman–Crippen LogP) is 8.21. The molecule has 1 aliphatic carbocycles. The van der Waals surface area contributed by atoms with Crippen molar-refractivity contribution in [3.05, 3.63) is 80.6 Å². The minimum Gasteiger partial charge on any atom is -0.458 e. The van der Waals surface area contributed by atoms with Crippen LogP contribution < -0.4 is 15.2 Å². The molecule has 0 spiro atoms. The molecule has 262 valence electrons. The summed E-state index contributed by atoms with van der Waals surface area (Å²) >= 11 is 8.32. The minimum atomic E-state index is -4.31. The quantitative estimate of drug-likeness (QED) is 0.126. The van der Waals surface area contributed by atoms with Crippen LogP contribution in [0.1, 0.15) is 82.0 Å². The van der Waals surface area contributed by atoms with Gasteiger partial charge in [0.25, 0.3) is 5.91 Å². The van der Waals surface area contributed by atoms with Crippen LogP contribution in [0.5, 0.6) is 0 Å². The highest BCUT2D eigenvalue weighted by Gasteiger charge is 2.48. The Bertz CT molecular complexity index is 1960. The number of benzene rings is 2. The number of hydrogen-bond donors (Lipinski definition) is 3. The number of fused-ring (bicyclic) bond motifs is 1. The number of para-hydroxylation sites is 1. The van der Waals surface area contributed by atoms with Crippen molar-refractivity contribution >= 4 is 73.4 Å². The number of nitrogen functional groups attached to an aromatic ring is 1. The fourth-order valence-electron chi connectivity index (χ4n) is 6.81. The Morgan fingerprint density at radius 3 is 2.10 bits per heavy atom. The van der Waals surface area contributed by atoms with Gasteiger partial charge >= 0.3 is 16.2 Å². The van der Waals surface area contributed by atoms with E-state index in [2.05, 4.69) is 80.8 Å². The molecule has 10 nitrogen and oxygen atoms in total. The second kappa shape index (κ2) is 13.7. The van der Waals surface area contributed by atoms with E-state index < -0.39 is 22.1 Å². The van der Waals surface area contributed by atoms with Gasteiger partial charge in [-0.2, -0.15) is 8.42 Å². The number of ether oxygens (including phenoxy) is 1. The van der Waals surface area contributed by atoms with Crippen LogP contribution in [-0.4, -0.2) is 35.8 Å². The Morgan fingerprint density at radius 1 is 0.980 bits per heavy atom. The number of nitrogens with zero attached hydrogens (tertiary/aromatic N) is 2. The van der Waals surface area contributed by atoms with Gasteiger partial charge in [0.2, 0.25) is 0 Å². The standard InChI is InChI=1S/C36H43ClIN5O5S/c1-20-17-25(35(2,3)4)29(26(18-20)36(5,6)7)48-34(45)28-27(21-13-15-22(37)16-14-21)30(38)43-19-24(31(39)40-32(28)43)33(44)42-49(46,47)41-23-11-9-8-10-12-23/h8-16,19-20,25-26,29,41H,17-18H2,1-7H3,(H2,39,40)(H,42,44). The third-order valence-electron chi connectivity index (χ3n) is 9.29. The lowest BCUT2D eigenvalue weighted by Crippen LogP contribution is -2.49. The molecule has 2 atom stereocenters. The van der Waals surface area contributed by atoms with E-state index in [1.54, 1.807) is 59.0 Å². The summed E-state index contributed by atoms with van der Waals surface area (Å²) in [5.74, 6) is -1.10. The fourth-order valence-corrected chi connectivity index (χ4v) is 8.74. The minimum absolute atomic E-state index is 0.108. The van der Waals surface area contributed by atoms with Crippen LogP contribution in [0.4, 0.5) is 11.5 Å². The first-order valence-electron chi connectivity index (χ1n) is 16.1. The van der Waals surface area contributed by atoms with Gasteiger partial charge in [0.05, 0.1) is 15.0 Å².